The number of methoxy groups -OCH3 is 1. The minimum Gasteiger partial charge on any atom is -0.503 e. The lowest BCUT2D eigenvalue weighted by Gasteiger charge is -2.06. The number of nitrogens with zero attached hydrogens (tertiary/aromatic N) is 1. The van der Waals surface area contributed by atoms with Crippen LogP contribution in [0.15, 0.2) is 46.0 Å². The third kappa shape index (κ3) is 5.28. The van der Waals surface area contributed by atoms with Gasteiger partial charge in [-0.05, 0) is 51.8 Å². The SMILES string of the molecule is COc1cc(C=NNC(=O)CNC(=O)c2cccc(F)c2)cc(Br)c1O. The van der Waals surface area contributed by atoms with E-state index >= 15 is 0 Å². The Bertz CT molecular complexity index is 858. The average molecular weight is 424 g/mol. The van der Waals surface area contributed by atoms with Crippen LogP contribution >= 0.6 is 15.9 Å². The second-order valence-corrected chi connectivity index (χ2v) is 5.89. The molecule has 0 atom stereocenters. The van der Waals surface area contributed by atoms with E-state index in [1.807, 2.05) is 0 Å². The zero-order valence-corrected chi connectivity index (χ0v) is 15.2. The van der Waals surface area contributed by atoms with Crippen molar-refractivity contribution in [3.63, 3.8) is 0 Å². The van der Waals surface area contributed by atoms with Gasteiger partial charge in [0.05, 0.1) is 24.3 Å². The van der Waals surface area contributed by atoms with Crippen molar-refractivity contribution >= 4 is 34.0 Å². The van der Waals surface area contributed by atoms with Gasteiger partial charge in [0, 0.05) is 5.56 Å². The van der Waals surface area contributed by atoms with E-state index in [2.05, 4.69) is 31.8 Å². The highest BCUT2D eigenvalue weighted by molar-refractivity contribution is 9.10. The molecule has 2 aromatic carbocycles. The third-order valence-electron chi connectivity index (χ3n) is 3.17. The molecular weight excluding hydrogens is 409 g/mol. The van der Waals surface area contributed by atoms with Crippen molar-refractivity contribution < 1.29 is 23.8 Å². The quantitative estimate of drug-likeness (QED) is 0.489. The molecule has 2 rings (SSSR count). The maximum absolute atomic E-state index is 13.1. The van der Waals surface area contributed by atoms with E-state index in [0.717, 1.165) is 6.07 Å². The molecule has 0 saturated carbocycles. The summed E-state index contributed by atoms with van der Waals surface area (Å²) in [5.41, 5.74) is 2.92. The highest BCUT2D eigenvalue weighted by atomic mass is 79.9. The van der Waals surface area contributed by atoms with E-state index in [9.17, 15) is 19.1 Å². The van der Waals surface area contributed by atoms with Crippen molar-refractivity contribution in [1.82, 2.24) is 10.7 Å². The molecule has 0 spiro atoms. The fourth-order valence-electron chi connectivity index (χ4n) is 1.93. The molecule has 0 aromatic heterocycles. The van der Waals surface area contributed by atoms with Crippen LogP contribution in [0.2, 0.25) is 0 Å². The first-order chi connectivity index (χ1) is 12.4. The van der Waals surface area contributed by atoms with E-state index in [4.69, 9.17) is 4.74 Å². The third-order valence-corrected chi connectivity index (χ3v) is 3.77. The summed E-state index contributed by atoms with van der Waals surface area (Å²) < 4.78 is 18.5. The number of aromatic hydroxyl groups is 1. The fraction of sp³-hybridized carbons (Fsp3) is 0.118. The lowest BCUT2D eigenvalue weighted by atomic mass is 10.2. The summed E-state index contributed by atoms with van der Waals surface area (Å²) in [6.07, 6.45) is 1.35. The number of rotatable bonds is 6. The van der Waals surface area contributed by atoms with E-state index in [0.29, 0.717) is 10.0 Å². The molecular formula is C17H15BrFN3O4. The smallest absolute Gasteiger partial charge is 0.259 e. The molecule has 0 fully saturated rings. The van der Waals surface area contributed by atoms with Crippen LogP contribution in [0, 0.1) is 5.82 Å². The summed E-state index contributed by atoms with van der Waals surface area (Å²) in [7, 11) is 1.41. The maximum atomic E-state index is 13.1. The van der Waals surface area contributed by atoms with Crippen LogP contribution in [0.1, 0.15) is 15.9 Å². The summed E-state index contributed by atoms with van der Waals surface area (Å²) in [6, 6.07) is 8.24. The maximum Gasteiger partial charge on any atom is 0.259 e. The molecule has 26 heavy (non-hydrogen) atoms. The zero-order valence-electron chi connectivity index (χ0n) is 13.6. The number of halogens is 2. The first kappa shape index (κ1) is 19.4. The molecule has 0 heterocycles. The predicted octanol–water partition coefficient (Wildman–Crippen LogP) is 2.18. The van der Waals surface area contributed by atoms with Gasteiger partial charge in [0.1, 0.15) is 5.82 Å². The normalized spacial score (nSPS) is 10.6. The zero-order chi connectivity index (χ0) is 19.1. The topological polar surface area (TPSA) is 100 Å². The van der Waals surface area contributed by atoms with Crippen molar-refractivity contribution in [1.29, 1.82) is 0 Å². The standard InChI is InChI=1S/C17H15BrFN3O4/c1-26-14-6-10(5-13(18)16(14)24)8-21-22-15(23)9-20-17(25)11-3-2-4-12(19)7-11/h2-8,24H,9H2,1H3,(H,20,25)(H,22,23). The summed E-state index contributed by atoms with van der Waals surface area (Å²) in [6.45, 7) is -0.324. The highest BCUT2D eigenvalue weighted by Gasteiger charge is 2.09. The van der Waals surface area contributed by atoms with E-state index in [-0.39, 0.29) is 23.6 Å². The predicted molar refractivity (Wildman–Crippen MR) is 96.8 cm³/mol. The Morgan fingerprint density at radius 3 is 2.81 bits per heavy atom. The molecule has 136 valence electrons. The summed E-state index contributed by atoms with van der Waals surface area (Å²) >= 11 is 3.17. The molecule has 0 bridgehead atoms. The fourth-order valence-corrected chi connectivity index (χ4v) is 2.39. The molecule has 0 radical (unpaired) electrons. The van der Waals surface area contributed by atoms with Crippen LogP contribution in [-0.4, -0.2) is 36.8 Å². The van der Waals surface area contributed by atoms with Crippen molar-refractivity contribution in [2.75, 3.05) is 13.7 Å². The summed E-state index contributed by atoms with van der Waals surface area (Å²) in [4.78, 5) is 23.5. The number of benzene rings is 2. The number of hydrogen-bond donors (Lipinski definition) is 3. The van der Waals surface area contributed by atoms with Gasteiger partial charge in [-0.1, -0.05) is 6.07 Å². The van der Waals surface area contributed by atoms with E-state index in [1.54, 1.807) is 6.07 Å². The number of hydrazone groups is 1. The summed E-state index contributed by atoms with van der Waals surface area (Å²) in [5, 5.41) is 15.8. The molecule has 2 amide bonds. The molecule has 0 aliphatic rings. The van der Waals surface area contributed by atoms with Gasteiger partial charge in [-0.15, -0.1) is 0 Å². The average Bonchev–Trinajstić information content (AvgIpc) is 2.62. The second-order valence-electron chi connectivity index (χ2n) is 5.04. The van der Waals surface area contributed by atoms with Crippen molar-refractivity contribution in [3.8, 4) is 11.5 Å². The van der Waals surface area contributed by atoms with Gasteiger partial charge in [-0.3, -0.25) is 9.59 Å². The van der Waals surface area contributed by atoms with E-state index in [1.165, 1.54) is 37.6 Å². The van der Waals surface area contributed by atoms with Gasteiger partial charge < -0.3 is 15.2 Å². The van der Waals surface area contributed by atoms with Crippen molar-refractivity contribution in [2.24, 2.45) is 5.10 Å². The molecule has 3 N–H and O–H groups in total. The van der Waals surface area contributed by atoms with Crippen LogP contribution in [0.4, 0.5) is 4.39 Å². The van der Waals surface area contributed by atoms with Crippen LogP contribution in [0.25, 0.3) is 0 Å². The van der Waals surface area contributed by atoms with Gasteiger partial charge >= 0.3 is 0 Å². The largest absolute Gasteiger partial charge is 0.503 e. The Morgan fingerprint density at radius 1 is 1.35 bits per heavy atom. The number of ether oxygens (including phenoxy) is 1. The number of carbonyl (C=O) groups is 2. The number of carbonyl (C=O) groups excluding carboxylic acids is 2. The number of nitrogens with one attached hydrogen (secondary N) is 2. The first-order valence-electron chi connectivity index (χ1n) is 7.33. The number of hydrogen-bond acceptors (Lipinski definition) is 5. The Balaban J connectivity index is 1.88. The van der Waals surface area contributed by atoms with Gasteiger partial charge in [0.2, 0.25) is 0 Å². The van der Waals surface area contributed by atoms with Crippen LogP contribution in [0.3, 0.4) is 0 Å². The first-order valence-corrected chi connectivity index (χ1v) is 8.12. The molecule has 0 unspecified atom stereocenters. The minimum absolute atomic E-state index is 0.0475. The molecule has 7 nitrogen and oxygen atoms in total. The molecule has 0 aliphatic carbocycles. The molecule has 9 heteroatoms. The van der Waals surface area contributed by atoms with E-state index < -0.39 is 17.6 Å². The van der Waals surface area contributed by atoms with Gasteiger partial charge in [0.25, 0.3) is 11.8 Å². The number of phenols is 1. The lowest BCUT2D eigenvalue weighted by molar-refractivity contribution is -0.120. The van der Waals surface area contributed by atoms with Crippen LogP contribution in [-0.2, 0) is 4.79 Å². The monoisotopic (exact) mass is 423 g/mol. The van der Waals surface area contributed by atoms with Gasteiger partial charge in [-0.25, -0.2) is 9.82 Å². The Hall–Kier alpha value is -2.94. The minimum atomic E-state index is -0.573. The van der Waals surface area contributed by atoms with Crippen LogP contribution < -0.4 is 15.5 Å². The van der Waals surface area contributed by atoms with Gasteiger partial charge in [0.15, 0.2) is 11.5 Å². The highest BCUT2D eigenvalue weighted by Crippen LogP contribution is 2.34. The lowest BCUT2D eigenvalue weighted by Crippen LogP contribution is -2.34. The molecule has 0 aliphatic heterocycles. The number of phenolic OH excluding ortho intramolecular Hbond substituents is 1. The van der Waals surface area contributed by atoms with Gasteiger partial charge in [-0.2, -0.15) is 5.10 Å². The number of amides is 2. The molecule has 0 saturated heterocycles. The van der Waals surface area contributed by atoms with Crippen molar-refractivity contribution in [2.45, 2.75) is 0 Å². The Morgan fingerprint density at radius 2 is 2.12 bits per heavy atom. The van der Waals surface area contributed by atoms with Crippen molar-refractivity contribution in [3.05, 3.63) is 57.8 Å². The Labute approximate surface area is 157 Å². The molecule has 2 aromatic rings. The van der Waals surface area contributed by atoms with Crippen LogP contribution in [0.5, 0.6) is 11.5 Å². The summed E-state index contributed by atoms with van der Waals surface area (Å²) in [5.74, 6) is -1.47. The second kappa shape index (κ2) is 8.95. The Kier molecular flexibility index (Phi) is 6.67.